The molecule has 154 valence electrons. The Balaban J connectivity index is 1.86. The van der Waals surface area contributed by atoms with Crippen LogP contribution in [-0.4, -0.2) is 42.1 Å². The van der Waals surface area contributed by atoms with Gasteiger partial charge >= 0.3 is 0 Å². The molecule has 0 radical (unpaired) electrons. The number of rotatable bonds is 7. The highest BCUT2D eigenvalue weighted by Crippen LogP contribution is 2.23. The van der Waals surface area contributed by atoms with Crippen molar-refractivity contribution in [2.24, 2.45) is 5.14 Å². The molecule has 0 spiro atoms. The maximum absolute atomic E-state index is 13.0. The number of carbonyl (C=O) groups excluding carboxylic acids is 1. The fourth-order valence-corrected chi connectivity index (χ4v) is 4.23. The molecular formula is C20H24N4O3S2. The van der Waals surface area contributed by atoms with Crippen molar-refractivity contribution in [2.45, 2.75) is 30.2 Å². The van der Waals surface area contributed by atoms with Crippen LogP contribution >= 0.6 is 11.8 Å². The van der Waals surface area contributed by atoms with Crippen molar-refractivity contribution >= 4 is 38.7 Å². The van der Waals surface area contributed by atoms with Crippen molar-refractivity contribution < 1.29 is 13.2 Å². The van der Waals surface area contributed by atoms with Gasteiger partial charge in [-0.05, 0) is 43.0 Å². The Labute approximate surface area is 175 Å². The lowest BCUT2D eigenvalue weighted by Gasteiger charge is -2.26. The van der Waals surface area contributed by atoms with E-state index in [9.17, 15) is 13.2 Å². The largest absolute Gasteiger partial charge is 0.337 e. The summed E-state index contributed by atoms with van der Waals surface area (Å²) in [6, 6.07) is 13.8. The Morgan fingerprint density at radius 1 is 1.24 bits per heavy atom. The summed E-state index contributed by atoms with van der Waals surface area (Å²) in [5.41, 5.74) is 2.48. The van der Waals surface area contributed by atoms with Crippen LogP contribution in [0.25, 0.3) is 11.0 Å². The van der Waals surface area contributed by atoms with Crippen LogP contribution in [0.5, 0.6) is 0 Å². The molecule has 1 aromatic heterocycles. The number of para-hydroxylation sites is 2. The lowest BCUT2D eigenvalue weighted by molar-refractivity contribution is -0.132. The van der Waals surface area contributed by atoms with E-state index in [0.29, 0.717) is 11.3 Å². The van der Waals surface area contributed by atoms with Gasteiger partial charge in [0, 0.05) is 7.05 Å². The third-order valence-corrected chi connectivity index (χ3v) is 6.40. The number of imidazole rings is 1. The number of hydrogen-bond donors (Lipinski definition) is 1. The number of primary sulfonamides is 1. The van der Waals surface area contributed by atoms with Crippen LogP contribution in [0, 0.1) is 0 Å². The number of fused-ring (bicyclic) bond motifs is 1. The van der Waals surface area contributed by atoms with E-state index in [-0.39, 0.29) is 23.4 Å². The van der Waals surface area contributed by atoms with Crippen LogP contribution in [0.3, 0.4) is 0 Å². The normalized spacial score (nSPS) is 12.8. The molecule has 0 bridgehead atoms. The summed E-state index contributed by atoms with van der Waals surface area (Å²) in [6.45, 7) is 2.01. The second-order valence-electron chi connectivity index (χ2n) is 6.83. The van der Waals surface area contributed by atoms with Gasteiger partial charge in [0.15, 0.2) is 0 Å². The predicted molar refractivity (Wildman–Crippen MR) is 116 cm³/mol. The van der Waals surface area contributed by atoms with E-state index in [1.54, 1.807) is 35.8 Å². The number of nitrogens with two attached hydrogens (primary N) is 1. The first-order chi connectivity index (χ1) is 13.7. The molecule has 3 aromatic rings. The average Bonchev–Trinajstić information content (AvgIpc) is 3.04. The lowest BCUT2D eigenvalue weighted by Crippen LogP contribution is -2.33. The molecule has 29 heavy (non-hydrogen) atoms. The Hall–Kier alpha value is -2.36. The van der Waals surface area contributed by atoms with Crippen molar-refractivity contribution in [2.75, 3.05) is 13.3 Å². The fraction of sp³-hybridized carbons (Fsp3) is 0.300. The Bertz CT molecular complexity index is 1140. The molecule has 0 saturated heterocycles. The van der Waals surface area contributed by atoms with Crippen molar-refractivity contribution in [1.82, 2.24) is 14.5 Å². The highest BCUT2D eigenvalue weighted by Gasteiger charge is 2.21. The monoisotopic (exact) mass is 432 g/mol. The van der Waals surface area contributed by atoms with E-state index in [1.807, 2.05) is 42.0 Å². The Kier molecular flexibility index (Phi) is 6.30. The van der Waals surface area contributed by atoms with Gasteiger partial charge in [0.2, 0.25) is 15.9 Å². The molecule has 0 aliphatic rings. The van der Waals surface area contributed by atoms with Gasteiger partial charge in [0.25, 0.3) is 0 Å². The number of amides is 1. The second-order valence-corrected chi connectivity index (χ2v) is 9.26. The third-order valence-electron chi connectivity index (χ3n) is 4.94. The van der Waals surface area contributed by atoms with Crippen LogP contribution < -0.4 is 5.14 Å². The zero-order valence-corrected chi connectivity index (χ0v) is 18.2. The molecule has 7 nitrogen and oxygen atoms in total. The molecular weight excluding hydrogens is 408 g/mol. The van der Waals surface area contributed by atoms with Gasteiger partial charge in [-0.2, -0.15) is 11.8 Å². The standard InChI is InChI=1S/C20H24N4O3S2/c1-14(15-7-6-8-16(11-15)29(21,26)27)23(2)20(25)12-24-18-10-5-4-9-17(18)22-19(24)13-28-3/h4-11,14H,12-13H2,1-3H3,(H2,21,26,27). The molecule has 1 amide bonds. The fourth-order valence-electron chi connectivity index (χ4n) is 3.18. The molecule has 1 unspecified atom stereocenters. The maximum atomic E-state index is 13.0. The number of aromatic nitrogens is 2. The summed E-state index contributed by atoms with van der Waals surface area (Å²) in [5.74, 6) is 1.46. The zero-order valence-electron chi connectivity index (χ0n) is 16.6. The number of benzene rings is 2. The van der Waals surface area contributed by atoms with Crippen LogP contribution in [0.1, 0.15) is 24.4 Å². The molecule has 9 heteroatoms. The zero-order chi connectivity index (χ0) is 21.2. The van der Waals surface area contributed by atoms with E-state index in [2.05, 4.69) is 4.98 Å². The minimum atomic E-state index is -3.80. The van der Waals surface area contributed by atoms with E-state index < -0.39 is 10.0 Å². The molecule has 2 N–H and O–H groups in total. The van der Waals surface area contributed by atoms with Gasteiger partial charge in [-0.1, -0.05) is 24.3 Å². The first kappa shape index (κ1) is 21.4. The molecule has 0 saturated carbocycles. The van der Waals surface area contributed by atoms with Gasteiger partial charge in [-0.15, -0.1) is 0 Å². The molecule has 3 rings (SSSR count). The van der Waals surface area contributed by atoms with E-state index in [4.69, 9.17) is 5.14 Å². The molecule has 2 aromatic carbocycles. The average molecular weight is 433 g/mol. The van der Waals surface area contributed by atoms with E-state index >= 15 is 0 Å². The first-order valence-corrected chi connectivity index (χ1v) is 12.0. The first-order valence-electron chi connectivity index (χ1n) is 9.04. The molecule has 0 fully saturated rings. The predicted octanol–water partition coefficient (Wildman–Crippen LogP) is 2.77. The van der Waals surface area contributed by atoms with E-state index in [1.165, 1.54) is 12.1 Å². The number of likely N-dealkylation sites (N-methyl/N-ethyl adjacent to an activating group) is 1. The van der Waals surface area contributed by atoms with Crippen LogP contribution in [-0.2, 0) is 27.1 Å². The number of carbonyl (C=O) groups is 1. The molecule has 0 aliphatic carbocycles. The summed E-state index contributed by atoms with van der Waals surface area (Å²) in [5, 5.41) is 5.23. The third kappa shape index (κ3) is 4.63. The molecule has 1 atom stereocenters. The van der Waals surface area contributed by atoms with E-state index in [0.717, 1.165) is 16.9 Å². The van der Waals surface area contributed by atoms with Gasteiger partial charge in [-0.3, -0.25) is 4.79 Å². The van der Waals surface area contributed by atoms with Gasteiger partial charge < -0.3 is 9.47 Å². The Morgan fingerprint density at radius 3 is 2.66 bits per heavy atom. The number of nitrogens with zero attached hydrogens (tertiary/aromatic N) is 3. The summed E-state index contributed by atoms with van der Waals surface area (Å²) in [4.78, 5) is 19.3. The van der Waals surface area contributed by atoms with Crippen molar-refractivity contribution in [3.05, 3.63) is 59.9 Å². The summed E-state index contributed by atoms with van der Waals surface area (Å²) >= 11 is 1.65. The van der Waals surface area contributed by atoms with Gasteiger partial charge in [0.1, 0.15) is 12.4 Å². The topological polar surface area (TPSA) is 98.3 Å². The summed E-state index contributed by atoms with van der Waals surface area (Å²) < 4.78 is 25.2. The van der Waals surface area contributed by atoms with Gasteiger partial charge in [-0.25, -0.2) is 18.5 Å². The smallest absolute Gasteiger partial charge is 0.242 e. The molecule has 1 heterocycles. The second kappa shape index (κ2) is 8.56. The SMILES string of the molecule is CSCc1nc2ccccc2n1CC(=O)N(C)C(C)c1cccc(S(N)(=O)=O)c1. The van der Waals surface area contributed by atoms with Crippen molar-refractivity contribution in [1.29, 1.82) is 0 Å². The number of thioether (sulfide) groups is 1. The van der Waals surface area contributed by atoms with Gasteiger partial charge in [0.05, 0.1) is 27.7 Å². The van der Waals surface area contributed by atoms with Crippen LogP contribution in [0.4, 0.5) is 0 Å². The minimum absolute atomic E-state index is 0.0329. The lowest BCUT2D eigenvalue weighted by atomic mass is 10.1. The maximum Gasteiger partial charge on any atom is 0.242 e. The highest BCUT2D eigenvalue weighted by molar-refractivity contribution is 7.97. The highest BCUT2D eigenvalue weighted by atomic mass is 32.2. The van der Waals surface area contributed by atoms with Crippen molar-refractivity contribution in [3.8, 4) is 0 Å². The number of sulfonamides is 1. The Morgan fingerprint density at radius 2 is 1.97 bits per heavy atom. The van der Waals surface area contributed by atoms with Crippen LogP contribution in [0.15, 0.2) is 53.4 Å². The minimum Gasteiger partial charge on any atom is -0.337 e. The van der Waals surface area contributed by atoms with Crippen LogP contribution in [0.2, 0.25) is 0 Å². The summed E-state index contributed by atoms with van der Waals surface area (Å²) in [7, 11) is -2.09. The van der Waals surface area contributed by atoms with Crippen molar-refractivity contribution in [3.63, 3.8) is 0 Å². The summed E-state index contributed by atoms with van der Waals surface area (Å²) in [6.07, 6.45) is 2.00. The quantitative estimate of drug-likeness (QED) is 0.619. The molecule has 0 aliphatic heterocycles. The number of hydrogen-bond acceptors (Lipinski definition) is 5.